The first kappa shape index (κ1) is 18.5. The molecule has 2 aromatic rings. The summed E-state index contributed by atoms with van der Waals surface area (Å²) < 4.78 is 11.3. The Kier molecular flexibility index (Phi) is 6.36. The molecule has 1 aliphatic heterocycles. The van der Waals surface area contributed by atoms with Crippen LogP contribution in [0.25, 0.3) is 0 Å². The molecular formula is C20H23ClN2O3. The van der Waals surface area contributed by atoms with Crippen molar-refractivity contribution in [3.05, 3.63) is 53.1 Å². The SMILES string of the molecule is Cc1ccc(NC(=O)CNc2cccc(OCC3CCCO3)c2)cc1Cl. The van der Waals surface area contributed by atoms with E-state index >= 15 is 0 Å². The molecule has 0 aliphatic carbocycles. The Morgan fingerprint density at radius 2 is 2.15 bits per heavy atom. The number of rotatable bonds is 7. The third-order valence-electron chi connectivity index (χ3n) is 4.20. The maximum Gasteiger partial charge on any atom is 0.243 e. The summed E-state index contributed by atoms with van der Waals surface area (Å²) in [6, 6.07) is 13.0. The molecule has 0 aromatic heterocycles. The van der Waals surface area contributed by atoms with Gasteiger partial charge in [-0.3, -0.25) is 4.79 Å². The molecule has 1 amide bonds. The minimum atomic E-state index is -0.143. The number of benzene rings is 2. The van der Waals surface area contributed by atoms with Gasteiger partial charge in [0.25, 0.3) is 0 Å². The number of halogens is 1. The fraction of sp³-hybridized carbons (Fsp3) is 0.350. The number of nitrogens with one attached hydrogen (secondary N) is 2. The van der Waals surface area contributed by atoms with Crippen LogP contribution in [0.4, 0.5) is 11.4 Å². The molecule has 1 unspecified atom stereocenters. The van der Waals surface area contributed by atoms with Crippen molar-refractivity contribution in [2.75, 3.05) is 30.4 Å². The monoisotopic (exact) mass is 374 g/mol. The van der Waals surface area contributed by atoms with Gasteiger partial charge in [-0.25, -0.2) is 0 Å². The highest BCUT2D eigenvalue weighted by Crippen LogP contribution is 2.21. The molecule has 1 aliphatic rings. The van der Waals surface area contributed by atoms with E-state index < -0.39 is 0 Å². The molecule has 26 heavy (non-hydrogen) atoms. The zero-order chi connectivity index (χ0) is 18.4. The summed E-state index contributed by atoms with van der Waals surface area (Å²) in [5.41, 5.74) is 2.48. The molecule has 3 rings (SSSR count). The highest BCUT2D eigenvalue weighted by molar-refractivity contribution is 6.31. The van der Waals surface area contributed by atoms with Crippen molar-refractivity contribution >= 4 is 28.9 Å². The second-order valence-electron chi connectivity index (χ2n) is 6.34. The van der Waals surface area contributed by atoms with Gasteiger partial charge in [0.05, 0.1) is 12.6 Å². The molecule has 0 spiro atoms. The summed E-state index contributed by atoms with van der Waals surface area (Å²) in [6.07, 6.45) is 2.32. The van der Waals surface area contributed by atoms with E-state index in [1.807, 2.05) is 43.3 Å². The third-order valence-corrected chi connectivity index (χ3v) is 4.61. The number of ether oxygens (including phenoxy) is 2. The van der Waals surface area contributed by atoms with Gasteiger partial charge >= 0.3 is 0 Å². The summed E-state index contributed by atoms with van der Waals surface area (Å²) in [5.74, 6) is 0.617. The quantitative estimate of drug-likeness (QED) is 0.760. The van der Waals surface area contributed by atoms with E-state index in [1.165, 1.54) is 0 Å². The first-order valence-corrected chi connectivity index (χ1v) is 9.12. The lowest BCUT2D eigenvalue weighted by Crippen LogP contribution is -2.21. The summed E-state index contributed by atoms with van der Waals surface area (Å²) in [6.45, 7) is 3.44. The molecular weight excluding hydrogens is 352 g/mol. The van der Waals surface area contributed by atoms with Crippen LogP contribution in [0, 0.1) is 6.92 Å². The number of hydrogen-bond donors (Lipinski definition) is 2. The van der Waals surface area contributed by atoms with Crippen molar-refractivity contribution in [2.24, 2.45) is 0 Å². The molecule has 1 atom stereocenters. The topological polar surface area (TPSA) is 59.6 Å². The second kappa shape index (κ2) is 8.92. The Labute approximate surface area is 158 Å². The van der Waals surface area contributed by atoms with Crippen LogP contribution >= 0.6 is 11.6 Å². The number of hydrogen-bond acceptors (Lipinski definition) is 4. The lowest BCUT2D eigenvalue weighted by atomic mass is 10.2. The van der Waals surface area contributed by atoms with Crippen molar-refractivity contribution < 1.29 is 14.3 Å². The Balaban J connectivity index is 1.48. The molecule has 0 saturated carbocycles. The maximum absolute atomic E-state index is 12.1. The van der Waals surface area contributed by atoms with Gasteiger partial charge < -0.3 is 20.1 Å². The van der Waals surface area contributed by atoms with Crippen molar-refractivity contribution in [1.82, 2.24) is 0 Å². The van der Waals surface area contributed by atoms with Gasteiger partial charge in [-0.1, -0.05) is 23.7 Å². The van der Waals surface area contributed by atoms with E-state index in [0.29, 0.717) is 17.3 Å². The van der Waals surface area contributed by atoms with Crippen LogP contribution in [0.15, 0.2) is 42.5 Å². The molecule has 6 heteroatoms. The van der Waals surface area contributed by atoms with Gasteiger partial charge in [0.1, 0.15) is 12.4 Å². The van der Waals surface area contributed by atoms with E-state index in [4.69, 9.17) is 21.1 Å². The van der Waals surface area contributed by atoms with Crippen LogP contribution in [-0.4, -0.2) is 31.8 Å². The van der Waals surface area contributed by atoms with Crippen LogP contribution in [0.3, 0.4) is 0 Å². The van der Waals surface area contributed by atoms with Gasteiger partial charge in [0, 0.05) is 29.1 Å². The Morgan fingerprint density at radius 3 is 2.92 bits per heavy atom. The lowest BCUT2D eigenvalue weighted by molar-refractivity contribution is -0.114. The number of amides is 1. The number of carbonyl (C=O) groups is 1. The van der Waals surface area contributed by atoms with Gasteiger partial charge in [-0.05, 0) is 49.6 Å². The molecule has 2 N–H and O–H groups in total. The summed E-state index contributed by atoms with van der Waals surface area (Å²) >= 11 is 6.07. The van der Waals surface area contributed by atoms with Crippen LogP contribution in [0.2, 0.25) is 5.02 Å². The summed E-state index contributed by atoms with van der Waals surface area (Å²) in [7, 11) is 0. The average molecular weight is 375 g/mol. The second-order valence-corrected chi connectivity index (χ2v) is 6.75. The zero-order valence-corrected chi connectivity index (χ0v) is 15.5. The van der Waals surface area contributed by atoms with Crippen LogP contribution < -0.4 is 15.4 Å². The normalized spacial score (nSPS) is 16.3. The Bertz CT molecular complexity index is 760. The minimum absolute atomic E-state index is 0.143. The average Bonchev–Trinajstić information content (AvgIpc) is 3.15. The lowest BCUT2D eigenvalue weighted by Gasteiger charge is -2.13. The fourth-order valence-electron chi connectivity index (χ4n) is 2.72. The minimum Gasteiger partial charge on any atom is -0.491 e. The molecule has 0 bridgehead atoms. The van der Waals surface area contributed by atoms with Crippen LogP contribution in [0.1, 0.15) is 18.4 Å². The molecule has 5 nitrogen and oxygen atoms in total. The molecule has 1 saturated heterocycles. The van der Waals surface area contributed by atoms with E-state index in [0.717, 1.165) is 36.4 Å². The van der Waals surface area contributed by atoms with E-state index in [9.17, 15) is 4.79 Å². The number of aryl methyl sites for hydroxylation is 1. The van der Waals surface area contributed by atoms with Crippen LogP contribution in [-0.2, 0) is 9.53 Å². The largest absolute Gasteiger partial charge is 0.491 e. The molecule has 0 radical (unpaired) electrons. The molecule has 138 valence electrons. The third kappa shape index (κ3) is 5.38. The predicted molar refractivity (Wildman–Crippen MR) is 104 cm³/mol. The maximum atomic E-state index is 12.1. The number of anilines is 2. The van der Waals surface area contributed by atoms with Crippen molar-refractivity contribution in [3.8, 4) is 5.75 Å². The van der Waals surface area contributed by atoms with Gasteiger partial charge in [-0.15, -0.1) is 0 Å². The smallest absolute Gasteiger partial charge is 0.243 e. The molecule has 1 heterocycles. The first-order valence-electron chi connectivity index (χ1n) is 8.74. The Morgan fingerprint density at radius 1 is 1.27 bits per heavy atom. The molecule has 2 aromatic carbocycles. The standard InChI is InChI=1S/C20H23ClN2O3/c1-14-7-8-16(11-19(14)21)23-20(24)12-22-15-4-2-5-17(10-15)26-13-18-6-3-9-25-18/h2,4-5,7-8,10-11,18,22H,3,6,9,12-13H2,1H3,(H,23,24). The van der Waals surface area contributed by atoms with E-state index in [2.05, 4.69) is 10.6 Å². The van der Waals surface area contributed by atoms with Crippen LogP contribution in [0.5, 0.6) is 5.75 Å². The highest BCUT2D eigenvalue weighted by atomic mass is 35.5. The van der Waals surface area contributed by atoms with Crippen molar-refractivity contribution in [2.45, 2.75) is 25.9 Å². The van der Waals surface area contributed by atoms with Crippen molar-refractivity contribution in [3.63, 3.8) is 0 Å². The van der Waals surface area contributed by atoms with Gasteiger partial charge in [-0.2, -0.15) is 0 Å². The predicted octanol–water partition coefficient (Wildman–Crippen LogP) is 4.26. The van der Waals surface area contributed by atoms with Crippen molar-refractivity contribution in [1.29, 1.82) is 0 Å². The van der Waals surface area contributed by atoms with Gasteiger partial charge in [0.15, 0.2) is 0 Å². The fourth-order valence-corrected chi connectivity index (χ4v) is 2.90. The highest BCUT2D eigenvalue weighted by Gasteiger charge is 2.16. The van der Waals surface area contributed by atoms with E-state index in [-0.39, 0.29) is 18.6 Å². The Hall–Kier alpha value is -2.24. The number of carbonyl (C=O) groups excluding carboxylic acids is 1. The van der Waals surface area contributed by atoms with E-state index in [1.54, 1.807) is 6.07 Å². The first-order chi connectivity index (χ1) is 12.6. The summed E-state index contributed by atoms with van der Waals surface area (Å²) in [4.78, 5) is 12.1. The van der Waals surface area contributed by atoms with Gasteiger partial charge in [0.2, 0.25) is 5.91 Å². The molecule has 1 fully saturated rings. The zero-order valence-electron chi connectivity index (χ0n) is 14.8. The summed E-state index contributed by atoms with van der Waals surface area (Å²) in [5, 5.41) is 6.56.